The molecule has 1 aliphatic heterocycles. The maximum absolute atomic E-state index is 12.2. The highest BCUT2D eigenvalue weighted by molar-refractivity contribution is 6.33. The molecule has 6 nitrogen and oxygen atoms in total. The molecule has 1 aromatic carbocycles. The first-order valence-corrected chi connectivity index (χ1v) is 6.51. The minimum absolute atomic E-state index is 0.00764. The van der Waals surface area contributed by atoms with Gasteiger partial charge < -0.3 is 20.4 Å². The monoisotopic (exact) mass is 298 g/mol. The van der Waals surface area contributed by atoms with Crippen molar-refractivity contribution in [2.75, 3.05) is 11.9 Å². The molecule has 7 heteroatoms. The van der Waals surface area contributed by atoms with Gasteiger partial charge in [-0.15, -0.1) is 0 Å². The van der Waals surface area contributed by atoms with E-state index >= 15 is 0 Å². The number of carbonyl (C=O) groups excluding carboxylic acids is 1. The lowest BCUT2D eigenvalue weighted by molar-refractivity contribution is -0.141. The summed E-state index contributed by atoms with van der Waals surface area (Å²) in [6.07, 6.45) is -0.793. The Balaban J connectivity index is 2.18. The molecule has 0 aliphatic carbocycles. The number of carbonyl (C=O) groups is 2. The number of aliphatic carboxylic acids is 1. The molecule has 1 aliphatic rings. The maximum atomic E-state index is 12.2. The van der Waals surface area contributed by atoms with E-state index in [0.29, 0.717) is 10.7 Å². The Labute approximate surface area is 121 Å². The molecule has 3 N–H and O–H groups in total. The number of para-hydroxylation sites is 1. The van der Waals surface area contributed by atoms with Crippen LogP contribution < -0.4 is 5.32 Å². The van der Waals surface area contributed by atoms with E-state index in [1.165, 1.54) is 0 Å². The third kappa shape index (κ3) is 2.86. The third-order valence-corrected chi connectivity index (χ3v) is 3.59. The van der Waals surface area contributed by atoms with Gasteiger partial charge in [-0.1, -0.05) is 23.7 Å². The molecule has 1 fully saturated rings. The van der Waals surface area contributed by atoms with Gasteiger partial charge in [0.15, 0.2) is 0 Å². The number of nitrogens with zero attached hydrogens (tertiary/aromatic N) is 1. The first-order valence-electron chi connectivity index (χ1n) is 6.13. The van der Waals surface area contributed by atoms with Crippen molar-refractivity contribution in [3.8, 4) is 0 Å². The van der Waals surface area contributed by atoms with E-state index in [1.807, 2.05) is 0 Å². The number of carboxylic acids is 1. The molecule has 0 radical (unpaired) electrons. The summed E-state index contributed by atoms with van der Waals surface area (Å²) in [6.45, 7) is 1.78. The van der Waals surface area contributed by atoms with Crippen LogP contribution in [-0.2, 0) is 4.79 Å². The topological polar surface area (TPSA) is 89.9 Å². The van der Waals surface area contributed by atoms with Crippen LogP contribution in [0.15, 0.2) is 18.2 Å². The van der Waals surface area contributed by atoms with Gasteiger partial charge in [0.05, 0.1) is 16.8 Å². The van der Waals surface area contributed by atoms with Crippen molar-refractivity contribution >= 4 is 29.3 Å². The summed E-state index contributed by atoms with van der Waals surface area (Å²) in [5.74, 6) is -1.13. The van der Waals surface area contributed by atoms with Crippen molar-refractivity contribution in [1.82, 2.24) is 4.90 Å². The highest BCUT2D eigenvalue weighted by Gasteiger charge is 2.39. The standard InChI is InChI=1S/C13H15ClN2O4/c1-7-3-2-4-9(14)11(7)15-13(20)16-6-8(17)5-10(16)12(18)19/h2-4,8,10,17H,5-6H2,1H3,(H,15,20)(H,18,19)/t8?,10-/m0/s1. The van der Waals surface area contributed by atoms with Crippen LogP contribution in [0.5, 0.6) is 0 Å². The summed E-state index contributed by atoms with van der Waals surface area (Å²) in [5.41, 5.74) is 1.22. The predicted molar refractivity (Wildman–Crippen MR) is 74.0 cm³/mol. The molecule has 0 bridgehead atoms. The van der Waals surface area contributed by atoms with Crippen molar-refractivity contribution in [2.24, 2.45) is 0 Å². The number of benzene rings is 1. The lowest BCUT2D eigenvalue weighted by Crippen LogP contribution is -2.43. The normalized spacial score (nSPS) is 21.9. The predicted octanol–water partition coefficient (Wildman–Crippen LogP) is 1.70. The number of hydrogen-bond acceptors (Lipinski definition) is 3. The summed E-state index contributed by atoms with van der Waals surface area (Å²) >= 11 is 6.01. The molecule has 2 amide bonds. The van der Waals surface area contributed by atoms with E-state index in [4.69, 9.17) is 16.7 Å². The Morgan fingerprint density at radius 1 is 1.45 bits per heavy atom. The van der Waals surface area contributed by atoms with E-state index in [0.717, 1.165) is 10.5 Å². The van der Waals surface area contributed by atoms with Crippen molar-refractivity contribution in [2.45, 2.75) is 25.5 Å². The summed E-state index contributed by atoms with van der Waals surface area (Å²) in [7, 11) is 0. The molecule has 108 valence electrons. The molecule has 2 atom stereocenters. The van der Waals surface area contributed by atoms with E-state index in [1.54, 1.807) is 25.1 Å². The number of β-amino-alcohol motifs (C(OH)–C–C–N with tert-alkyl or cyclic N) is 1. The SMILES string of the molecule is Cc1cccc(Cl)c1NC(=O)N1CC(O)C[C@H]1C(=O)O. The number of hydrogen-bond donors (Lipinski definition) is 3. The molecule has 2 rings (SSSR count). The molecule has 0 spiro atoms. The highest BCUT2D eigenvalue weighted by Crippen LogP contribution is 2.27. The summed E-state index contributed by atoms with van der Waals surface area (Å²) in [6, 6.07) is 3.58. The minimum atomic E-state index is -1.13. The average Bonchev–Trinajstić information content (AvgIpc) is 2.76. The summed E-state index contributed by atoms with van der Waals surface area (Å²) in [4.78, 5) is 24.4. The number of aliphatic hydroxyl groups is 1. The van der Waals surface area contributed by atoms with E-state index in [2.05, 4.69) is 5.32 Å². The second kappa shape index (κ2) is 5.68. The first-order chi connectivity index (χ1) is 9.40. The lowest BCUT2D eigenvalue weighted by Gasteiger charge is -2.22. The van der Waals surface area contributed by atoms with E-state index in [9.17, 15) is 14.7 Å². The molecule has 1 aromatic rings. The van der Waals surface area contributed by atoms with Gasteiger partial charge >= 0.3 is 12.0 Å². The third-order valence-electron chi connectivity index (χ3n) is 3.28. The smallest absolute Gasteiger partial charge is 0.326 e. The summed E-state index contributed by atoms with van der Waals surface area (Å²) in [5, 5.41) is 21.6. The van der Waals surface area contributed by atoms with Gasteiger partial charge in [-0.3, -0.25) is 0 Å². The van der Waals surface area contributed by atoms with Crippen molar-refractivity contribution in [3.63, 3.8) is 0 Å². The molecule has 1 saturated heterocycles. The van der Waals surface area contributed by atoms with Gasteiger partial charge in [0.1, 0.15) is 6.04 Å². The van der Waals surface area contributed by atoms with Crippen LogP contribution in [0.4, 0.5) is 10.5 Å². The van der Waals surface area contributed by atoms with Crippen LogP contribution >= 0.6 is 11.6 Å². The van der Waals surface area contributed by atoms with Crippen LogP contribution in [0.1, 0.15) is 12.0 Å². The van der Waals surface area contributed by atoms with Gasteiger partial charge in [-0.25, -0.2) is 9.59 Å². The number of halogens is 1. The number of nitrogens with one attached hydrogen (secondary N) is 1. The number of aryl methyl sites for hydroxylation is 1. The van der Waals surface area contributed by atoms with Gasteiger partial charge in [-0.2, -0.15) is 0 Å². The van der Waals surface area contributed by atoms with Crippen LogP contribution in [0, 0.1) is 6.92 Å². The Morgan fingerprint density at radius 2 is 2.15 bits per heavy atom. The number of rotatable bonds is 2. The lowest BCUT2D eigenvalue weighted by atomic mass is 10.2. The second-order valence-electron chi connectivity index (χ2n) is 4.76. The van der Waals surface area contributed by atoms with Gasteiger partial charge in [0, 0.05) is 13.0 Å². The van der Waals surface area contributed by atoms with E-state index < -0.39 is 24.1 Å². The van der Waals surface area contributed by atoms with Crippen molar-refractivity contribution in [3.05, 3.63) is 28.8 Å². The maximum Gasteiger partial charge on any atom is 0.326 e. The molecule has 1 unspecified atom stereocenters. The van der Waals surface area contributed by atoms with Gasteiger partial charge in [-0.05, 0) is 18.6 Å². The fourth-order valence-corrected chi connectivity index (χ4v) is 2.51. The fourth-order valence-electron chi connectivity index (χ4n) is 2.24. The number of carboxylic acid groups (broad SMARTS) is 1. The minimum Gasteiger partial charge on any atom is -0.480 e. The Morgan fingerprint density at radius 3 is 2.75 bits per heavy atom. The summed E-state index contributed by atoms with van der Waals surface area (Å²) < 4.78 is 0. The van der Waals surface area contributed by atoms with Gasteiger partial charge in [0.25, 0.3) is 0 Å². The quantitative estimate of drug-likeness (QED) is 0.775. The van der Waals surface area contributed by atoms with Crippen LogP contribution in [0.25, 0.3) is 0 Å². The molecule has 0 saturated carbocycles. The van der Waals surface area contributed by atoms with Crippen molar-refractivity contribution in [1.29, 1.82) is 0 Å². The highest BCUT2D eigenvalue weighted by atomic mass is 35.5. The Hall–Kier alpha value is -1.79. The number of aliphatic hydroxyl groups excluding tert-OH is 1. The first kappa shape index (κ1) is 14.6. The molecule has 0 aromatic heterocycles. The van der Waals surface area contributed by atoms with Crippen LogP contribution in [-0.4, -0.2) is 45.8 Å². The van der Waals surface area contributed by atoms with Crippen LogP contribution in [0.2, 0.25) is 5.02 Å². The number of urea groups is 1. The number of amides is 2. The number of anilines is 1. The Kier molecular flexibility index (Phi) is 4.15. The van der Waals surface area contributed by atoms with E-state index in [-0.39, 0.29) is 13.0 Å². The van der Waals surface area contributed by atoms with Crippen molar-refractivity contribution < 1.29 is 19.8 Å². The zero-order valence-electron chi connectivity index (χ0n) is 10.8. The van der Waals surface area contributed by atoms with Crippen LogP contribution in [0.3, 0.4) is 0 Å². The molecule has 20 heavy (non-hydrogen) atoms. The fraction of sp³-hybridized carbons (Fsp3) is 0.385. The number of likely N-dealkylation sites (tertiary alicyclic amines) is 1. The molecular weight excluding hydrogens is 284 g/mol. The van der Waals surface area contributed by atoms with Gasteiger partial charge in [0.2, 0.25) is 0 Å². The Bertz CT molecular complexity index is 529. The zero-order valence-corrected chi connectivity index (χ0v) is 11.6. The second-order valence-corrected chi connectivity index (χ2v) is 5.17. The molecule has 1 heterocycles. The molecular formula is C13H15ClN2O4. The zero-order chi connectivity index (χ0) is 14.9. The largest absolute Gasteiger partial charge is 0.480 e. The average molecular weight is 299 g/mol.